The number of hydrogen-bond donors (Lipinski definition) is 2. The van der Waals surface area contributed by atoms with Crippen LogP contribution in [0.3, 0.4) is 0 Å². The molecule has 0 bridgehead atoms. The Labute approximate surface area is 193 Å². The molecule has 6 heteroatoms. The van der Waals surface area contributed by atoms with Gasteiger partial charge in [-0.2, -0.15) is 0 Å². The molecule has 4 rings (SSSR count). The van der Waals surface area contributed by atoms with Crippen LogP contribution in [0.5, 0.6) is 5.75 Å². The van der Waals surface area contributed by atoms with Crippen LogP contribution in [0, 0.1) is 5.92 Å². The number of halogens is 2. The van der Waals surface area contributed by atoms with Gasteiger partial charge in [-0.05, 0) is 79.6 Å². The van der Waals surface area contributed by atoms with Crippen molar-refractivity contribution in [2.24, 2.45) is 11.7 Å². The number of ether oxygens (including phenoxy) is 1. The number of rotatable bonds is 7. The quantitative estimate of drug-likeness (QED) is 0.423. The highest BCUT2D eigenvalue weighted by atomic mass is 35.5. The molecule has 0 spiro atoms. The lowest BCUT2D eigenvalue weighted by Gasteiger charge is -2.28. The van der Waals surface area contributed by atoms with Gasteiger partial charge >= 0.3 is 0 Å². The molecular weight excluding hydrogens is 429 g/mol. The highest BCUT2D eigenvalue weighted by Crippen LogP contribution is 2.33. The van der Waals surface area contributed by atoms with E-state index in [4.69, 9.17) is 33.7 Å². The van der Waals surface area contributed by atoms with Crippen LogP contribution in [0.1, 0.15) is 31.2 Å². The lowest BCUT2D eigenvalue weighted by molar-refractivity contribution is 0.306. The molecule has 1 aromatic heterocycles. The Morgan fingerprint density at radius 3 is 2.58 bits per heavy atom. The van der Waals surface area contributed by atoms with E-state index in [0.717, 1.165) is 47.6 Å². The summed E-state index contributed by atoms with van der Waals surface area (Å²) in [7, 11) is 0. The van der Waals surface area contributed by atoms with E-state index in [-0.39, 0.29) is 0 Å². The molecule has 2 aromatic carbocycles. The van der Waals surface area contributed by atoms with Gasteiger partial charge in [0, 0.05) is 22.8 Å². The Morgan fingerprint density at radius 1 is 1.00 bits per heavy atom. The predicted octanol–water partition coefficient (Wildman–Crippen LogP) is 6.56. The number of aromatic nitrogens is 1. The van der Waals surface area contributed by atoms with Crippen molar-refractivity contribution < 1.29 is 4.74 Å². The van der Waals surface area contributed by atoms with Gasteiger partial charge in [0.2, 0.25) is 0 Å². The largest absolute Gasteiger partial charge is 0.489 e. The summed E-state index contributed by atoms with van der Waals surface area (Å²) in [5, 5.41) is 4.89. The minimum absolute atomic E-state index is 0.427. The van der Waals surface area contributed by atoms with Crippen LogP contribution >= 0.6 is 23.2 Å². The minimum Gasteiger partial charge on any atom is -0.489 e. The number of benzene rings is 2. The number of pyridine rings is 1. The van der Waals surface area contributed by atoms with E-state index in [9.17, 15) is 0 Å². The number of nitrogens with two attached hydrogens (primary N) is 1. The molecule has 1 aliphatic rings. The smallest absolute Gasteiger partial charge is 0.126 e. The van der Waals surface area contributed by atoms with Crippen molar-refractivity contribution >= 4 is 29.0 Å². The zero-order valence-corrected chi connectivity index (χ0v) is 18.9. The van der Waals surface area contributed by atoms with Crippen LogP contribution in [-0.4, -0.2) is 17.6 Å². The zero-order valence-electron chi connectivity index (χ0n) is 17.4. The molecule has 31 heavy (non-hydrogen) atoms. The first kappa shape index (κ1) is 21.9. The van der Waals surface area contributed by atoms with Crippen molar-refractivity contribution in [1.82, 2.24) is 4.98 Å². The molecule has 1 fully saturated rings. The van der Waals surface area contributed by atoms with E-state index in [2.05, 4.69) is 10.3 Å². The first-order chi connectivity index (χ1) is 15.1. The molecule has 3 aromatic rings. The Kier molecular flexibility index (Phi) is 7.33. The van der Waals surface area contributed by atoms with Gasteiger partial charge < -0.3 is 15.8 Å². The highest BCUT2D eigenvalue weighted by Gasteiger charge is 2.20. The van der Waals surface area contributed by atoms with Crippen molar-refractivity contribution in [3.05, 3.63) is 76.4 Å². The van der Waals surface area contributed by atoms with Crippen molar-refractivity contribution in [2.45, 2.75) is 38.3 Å². The van der Waals surface area contributed by atoms with Crippen molar-refractivity contribution in [3.8, 4) is 16.9 Å². The molecule has 0 unspecified atom stereocenters. The monoisotopic (exact) mass is 455 g/mol. The van der Waals surface area contributed by atoms with E-state index >= 15 is 0 Å². The summed E-state index contributed by atoms with van der Waals surface area (Å²) in [5.41, 5.74) is 8.76. The number of hydrogen-bond acceptors (Lipinski definition) is 4. The van der Waals surface area contributed by atoms with E-state index in [1.165, 1.54) is 12.8 Å². The average Bonchev–Trinajstić information content (AvgIpc) is 2.80. The maximum atomic E-state index is 6.49. The third-order valence-corrected chi connectivity index (χ3v) is 6.36. The molecule has 162 valence electrons. The lowest BCUT2D eigenvalue weighted by Crippen LogP contribution is -2.29. The fourth-order valence-electron chi connectivity index (χ4n) is 4.04. The summed E-state index contributed by atoms with van der Waals surface area (Å²) in [6, 6.07) is 18.1. The first-order valence-electron chi connectivity index (χ1n) is 10.7. The Balaban J connectivity index is 1.46. The van der Waals surface area contributed by atoms with Crippen LogP contribution in [0.2, 0.25) is 10.0 Å². The lowest BCUT2D eigenvalue weighted by atomic mass is 9.86. The van der Waals surface area contributed by atoms with Crippen LogP contribution in [-0.2, 0) is 6.61 Å². The second kappa shape index (κ2) is 10.4. The Hall–Kier alpha value is -2.27. The SMILES string of the molecule is NCC1CCC(Nc2cc(-c3cccc(OCc4cccc(Cl)c4)c3)c(Cl)cn2)CC1. The highest BCUT2D eigenvalue weighted by molar-refractivity contribution is 6.33. The maximum Gasteiger partial charge on any atom is 0.126 e. The summed E-state index contributed by atoms with van der Waals surface area (Å²) in [6.07, 6.45) is 6.29. The van der Waals surface area contributed by atoms with Gasteiger partial charge in [0.25, 0.3) is 0 Å². The number of nitrogens with zero attached hydrogens (tertiary/aromatic N) is 1. The maximum absolute atomic E-state index is 6.49. The molecule has 4 nitrogen and oxygen atoms in total. The van der Waals surface area contributed by atoms with E-state index in [0.29, 0.717) is 28.6 Å². The third kappa shape index (κ3) is 5.91. The molecule has 0 saturated heterocycles. The normalized spacial score (nSPS) is 18.5. The standard InChI is InChI=1S/C25H27Cl2N3O/c26-20-5-1-3-18(11-20)16-31-22-6-2-4-19(12-22)23-13-25(29-15-24(23)27)30-21-9-7-17(14-28)8-10-21/h1-6,11-13,15,17,21H,7-10,14,16,28H2,(H,29,30). The molecule has 1 heterocycles. The van der Waals surface area contributed by atoms with Gasteiger partial charge in [-0.25, -0.2) is 4.98 Å². The molecule has 0 atom stereocenters. The van der Waals surface area contributed by atoms with Gasteiger partial charge in [0.15, 0.2) is 0 Å². The topological polar surface area (TPSA) is 60.2 Å². The third-order valence-electron chi connectivity index (χ3n) is 5.83. The average molecular weight is 456 g/mol. The molecule has 1 aliphatic carbocycles. The van der Waals surface area contributed by atoms with Crippen LogP contribution in [0.15, 0.2) is 60.8 Å². The second-order valence-electron chi connectivity index (χ2n) is 8.09. The molecular formula is C25H27Cl2N3O. The Bertz CT molecular complexity index is 1020. The fraction of sp³-hybridized carbons (Fsp3) is 0.320. The summed E-state index contributed by atoms with van der Waals surface area (Å²) in [5.74, 6) is 2.28. The van der Waals surface area contributed by atoms with E-state index in [1.807, 2.05) is 54.6 Å². The van der Waals surface area contributed by atoms with Gasteiger partial charge in [-0.3, -0.25) is 0 Å². The summed E-state index contributed by atoms with van der Waals surface area (Å²) in [4.78, 5) is 4.49. The van der Waals surface area contributed by atoms with Gasteiger partial charge in [0.1, 0.15) is 18.2 Å². The van der Waals surface area contributed by atoms with Gasteiger partial charge in [-0.15, -0.1) is 0 Å². The Morgan fingerprint density at radius 2 is 1.81 bits per heavy atom. The van der Waals surface area contributed by atoms with Crippen LogP contribution in [0.25, 0.3) is 11.1 Å². The molecule has 0 radical (unpaired) electrons. The molecule has 0 aliphatic heterocycles. The number of nitrogens with one attached hydrogen (secondary N) is 1. The van der Waals surface area contributed by atoms with Crippen LogP contribution < -0.4 is 15.8 Å². The second-order valence-corrected chi connectivity index (χ2v) is 8.94. The van der Waals surface area contributed by atoms with Gasteiger partial charge in [-0.1, -0.05) is 47.5 Å². The minimum atomic E-state index is 0.427. The van der Waals surface area contributed by atoms with Gasteiger partial charge in [0.05, 0.1) is 5.02 Å². The fourth-order valence-corrected chi connectivity index (χ4v) is 4.46. The van der Waals surface area contributed by atoms with E-state index < -0.39 is 0 Å². The summed E-state index contributed by atoms with van der Waals surface area (Å²) >= 11 is 12.6. The molecule has 1 saturated carbocycles. The molecule has 3 N–H and O–H groups in total. The zero-order chi connectivity index (χ0) is 21.6. The predicted molar refractivity (Wildman–Crippen MR) is 129 cm³/mol. The van der Waals surface area contributed by atoms with Crippen molar-refractivity contribution in [2.75, 3.05) is 11.9 Å². The first-order valence-corrected chi connectivity index (χ1v) is 11.5. The van der Waals surface area contributed by atoms with Crippen LogP contribution in [0.4, 0.5) is 5.82 Å². The summed E-state index contributed by atoms with van der Waals surface area (Å²) < 4.78 is 5.98. The van der Waals surface area contributed by atoms with Crippen molar-refractivity contribution in [3.63, 3.8) is 0 Å². The number of anilines is 1. The molecule has 0 amide bonds. The summed E-state index contributed by atoms with van der Waals surface area (Å²) in [6.45, 7) is 1.23. The van der Waals surface area contributed by atoms with E-state index in [1.54, 1.807) is 6.20 Å². The van der Waals surface area contributed by atoms with Crippen molar-refractivity contribution in [1.29, 1.82) is 0 Å².